The molecule has 4 heteroatoms. The van der Waals surface area contributed by atoms with E-state index in [1.54, 1.807) is 13.8 Å². The summed E-state index contributed by atoms with van der Waals surface area (Å²) in [6.45, 7) is 7.34. The van der Waals surface area contributed by atoms with E-state index in [2.05, 4.69) is 0 Å². The lowest BCUT2D eigenvalue weighted by atomic mass is 9.70. The fourth-order valence-corrected chi connectivity index (χ4v) is 2.83. The topological polar surface area (TPSA) is 63.6 Å². The van der Waals surface area contributed by atoms with Gasteiger partial charge in [0.2, 0.25) is 0 Å². The number of methoxy groups -OCH3 is 1. The number of allylic oxidation sites excluding steroid dienone is 5. The molecule has 0 aromatic heterocycles. The Morgan fingerprint density at radius 1 is 1.48 bits per heavy atom. The predicted molar refractivity (Wildman–Crippen MR) is 90.9 cm³/mol. The lowest BCUT2D eigenvalue weighted by Gasteiger charge is -2.33. The van der Waals surface area contributed by atoms with E-state index in [1.165, 1.54) is 7.11 Å². The molecule has 4 nitrogen and oxygen atoms in total. The fraction of sp³-hybridized carbons (Fsp3) is 0.579. The maximum Gasteiger partial charge on any atom is 0.316 e. The van der Waals surface area contributed by atoms with Crippen LogP contribution in [0.4, 0.5) is 0 Å². The van der Waals surface area contributed by atoms with Gasteiger partial charge in [-0.2, -0.15) is 0 Å². The van der Waals surface area contributed by atoms with Crippen molar-refractivity contribution in [2.45, 2.75) is 59.5 Å². The van der Waals surface area contributed by atoms with E-state index in [1.807, 2.05) is 32.1 Å². The highest BCUT2D eigenvalue weighted by atomic mass is 16.5. The minimum absolute atomic E-state index is 0.0850. The molecule has 1 aliphatic rings. The number of rotatable bonds is 6. The zero-order valence-corrected chi connectivity index (χ0v) is 14.8. The van der Waals surface area contributed by atoms with Gasteiger partial charge in [0.15, 0.2) is 5.78 Å². The van der Waals surface area contributed by atoms with Crippen molar-refractivity contribution in [1.29, 1.82) is 0 Å². The normalized spacial score (nSPS) is 24.3. The first kappa shape index (κ1) is 19.4. The summed E-state index contributed by atoms with van der Waals surface area (Å²) < 4.78 is 4.94. The lowest BCUT2D eigenvalue weighted by Crippen LogP contribution is -2.35. The number of hydrogen-bond donors (Lipinski definition) is 1. The maximum atomic E-state index is 12.2. The summed E-state index contributed by atoms with van der Waals surface area (Å²) in [7, 11) is 1.38. The molecule has 0 heterocycles. The minimum atomic E-state index is -0.775. The first-order chi connectivity index (χ1) is 10.7. The van der Waals surface area contributed by atoms with E-state index in [0.29, 0.717) is 24.8 Å². The molecule has 2 atom stereocenters. The molecule has 0 aromatic carbocycles. The van der Waals surface area contributed by atoms with E-state index < -0.39 is 5.41 Å². The quantitative estimate of drug-likeness (QED) is 0.601. The van der Waals surface area contributed by atoms with E-state index in [0.717, 1.165) is 17.6 Å². The summed E-state index contributed by atoms with van der Waals surface area (Å²) in [6.07, 6.45) is 7.85. The van der Waals surface area contributed by atoms with Crippen LogP contribution in [0.25, 0.3) is 0 Å². The Morgan fingerprint density at radius 3 is 2.70 bits per heavy atom. The summed E-state index contributed by atoms with van der Waals surface area (Å²) in [5.74, 6) is -0.221. The molecule has 0 aromatic rings. The van der Waals surface area contributed by atoms with Crippen molar-refractivity contribution in [3.8, 4) is 0 Å². The zero-order chi connectivity index (χ0) is 17.6. The Bertz CT molecular complexity index is 552. The second-order valence-corrected chi connectivity index (χ2v) is 6.49. The van der Waals surface area contributed by atoms with E-state index >= 15 is 0 Å². The highest BCUT2D eigenvalue weighted by molar-refractivity contribution is 6.00. The largest absolute Gasteiger partial charge is 0.468 e. The summed E-state index contributed by atoms with van der Waals surface area (Å²) in [4.78, 5) is 24.2. The smallest absolute Gasteiger partial charge is 0.316 e. The number of aliphatic hydroxyl groups is 1. The number of carbonyl (C=O) groups excluding carboxylic acids is 2. The van der Waals surface area contributed by atoms with Crippen LogP contribution in [-0.2, 0) is 14.3 Å². The van der Waals surface area contributed by atoms with Crippen molar-refractivity contribution < 1.29 is 19.4 Å². The van der Waals surface area contributed by atoms with Crippen molar-refractivity contribution in [2.75, 3.05) is 7.11 Å². The monoisotopic (exact) mass is 320 g/mol. The molecule has 0 saturated carbocycles. The number of ketones is 1. The summed E-state index contributed by atoms with van der Waals surface area (Å²) in [6, 6.07) is 0. The fourth-order valence-electron chi connectivity index (χ4n) is 2.83. The highest BCUT2D eigenvalue weighted by Crippen LogP contribution is 2.41. The Morgan fingerprint density at radius 2 is 2.13 bits per heavy atom. The van der Waals surface area contributed by atoms with Crippen molar-refractivity contribution >= 4 is 11.8 Å². The van der Waals surface area contributed by atoms with Crippen LogP contribution in [0, 0.1) is 5.41 Å². The number of ether oxygens (including phenoxy) is 1. The zero-order valence-electron chi connectivity index (χ0n) is 14.8. The molecular weight excluding hydrogens is 292 g/mol. The third kappa shape index (κ3) is 4.90. The molecule has 0 saturated heterocycles. The van der Waals surface area contributed by atoms with Gasteiger partial charge in [-0.3, -0.25) is 9.59 Å². The average molecular weight is 320 g/mol. The first-order valence-electron chi connectivity index (χ1n) is 8.08. The van der Waals surface area contributed by atoms with Gasteiger partial charge in [0.1, 0.15) is 0 Å². The van der Waals surface area contributed by atoms with Gasteiger partial charge >= 0.3 is 5.97 Å². The molecule has 0 bridgehead atoms. The molecule has 23 heavy (non-hydrogen) atoms. The van der Waals surface area contributed by atoms with E-state index in [-0.39, 0.29) is 17.9 Å². The third-order valence-electron chi connectivity index (χ3n) is 4.47. The average Bonchev–Trinajstić information content (AvgIpc) is 2.50. The molecule has 0 spiro atoms. The van der Waals surface area contributed by atoms with E-state index in [4.69, 9.17) is 4.74 Å². The molecule has 128 valence electrons. The number of Topliss-reactive ketones (excluding diaryl/α,β-unsaturated/α-hetero) is 1. The SMILES string of the molecule is COC(=O)[C@]1(C)CCC(=O)C(C)=C1/C=C/C(C)=C/CC[C@@H](C)O. The molecule has 0 fully saturated rings. The number of carbonyl (C=O) groups is 2. The highest BCUT2D eigenvalue weighted by Gasteiger charge is 2.42. The van der Waals surface area contributed by atoms with Crippen molar-refractivity contribution in [1.82, 2.24) is 0 Å². The lowest BCUT2D eigenvalue weighted by molar-refractivity contribution is -0.150. The Labute approximate surface area is 138 Å². The van der Waals surface area contributed by atoms with Gasteiger partial charge in [0.25, 0.3) is 0 Å². The van der Waals surface area contributed by atoms with Crippen LogP contribution in [0.1, 0.15) is 53.4 Å². The Balaban J connectivity index is 3.04. The molecular formula is C19H28O4. The van der Waals surface area contributed by atoms with Gasteiger partial charge in [0, 0.05) is 6.42 Å². The second-order valence-electron chi connectivity index (χ2n) is 6.49. The standard InChI is InChI=1S/C19H28O4/c1-13(7-6-8-14(2)20)9-10-16-15(3)17(21)11-12-19(16,4)18(22)23-5/h7,9-10,14,20H,6,8,11-12H2,1-5H3/b10-9+,13-7+/t14-,19-/m1/s1. The Hall–Kier alpha value is -1.68. The molecule has 1 N–H and O–H groups in total. The second kappa shape index (κ2) is 8.25. The first-order valence-corrected chi connectivity index (χ1v) is 8.08. The van der Waals surface area contributed by atoms with Gasteiger partial charge in [-0.15, -0.1) is 0 Å². The minimum Gasteiger partial charge on any atom is -0.468 e. The molecule has 1 rings (SSSR count). The van der Waals surface area contributed by atoms with Crippen LogP contribution in [0.2, 0.25) is 0 Å². The van der Waals surface area contributed by atoms with Crippen LogP contribution < -0.4 is 0 Å². The van der Waals surface area contributed by atoms with Crippen molar-refractivity contribution in [2.24, 2.45) is 5.41 Å². The molecule has 0 radical (unpaired) electrons. The molecule has 0 aliphatic heterocycles. The van der Waals surface area contributed by atoms with Crippen molar-refractivity contribution in [3.05, 3.63) is 34.9 Å². The molecule has 0 amide bonds. The van der Waals surface area contributed by atoms with Crippen LogP contribution in [-0.4, -0.2) is 30.1 Å². The maximum absolute atomic E-state index is 12.2. The van der Waals surface area contributed by atoms with Gasteiger partial charge in [-0.1, -0.05) is 23.8 Å². The summed E-state index contributed by atoms with van der Waals surface area (Å²) in [5.41, 5.74) is 1.64. The summed E-state index contributed by atoms with van der Waals surface area (Å²) >= 11 is 0. The number of hydrogen-bond acceptors (Lipinski definition) is 4. The van der Waals surface area contributed by atoms with Gasteiger partial charge < -0.3 is 9.84 Å². The van der Waals surface area contributed by atoms with E-state index in [9.17, 15) is 14.7 Å². The van der Waals surface area contributed by atoms with Crippen LogP contribution in [0.3, 0.4) is 0 Å². The van der Waals surface area contributed by atoms with Gasteiger partial charge in [-0.25, -0.2) is 0 Å². The van der Waals surface area contributed by atoms with Crippen LogP contribution >= 0.6 is 0 Å². The molecule has 0 unspecified atom stereocenters. The van der Waals surface area contributed by atoms with Crippen LogP contribution in [0.5, 0.6) is 0 Å². The van der Waals surface area contributed by atoms with Crippen molar-refractivity contribution in [3.63, 3.8) is 0 Å². The number of aliphatic hydroxyl groups excluding tert-OH is 1. The van der Waals surface area contributed by atoms with Gasteiger partial charge in [0.05, 0.1) is 18.6 Å². The summed E-state index contributed by atoms with van der Waals surface area (Å²) in [5, 5.41) is 9.28. The Kier molecular flexibility index (Phi) is 6.95. The van der Waals surface area contributed by atoms with Crippen LogP contribution in [0.15, 0.2) is 34.9 Å². The number of esters is 1. The predicted octanol–water partition coefficient (Wildman–Crippen LogP) is 3.51. The molecule has 1 aliphatic carbocycles. The third-order valence-corrected chi connectivity index (χ3v) is 4.47. The van der Waals surface area contributed by atoms with Gasteiger partial charge in [-0.05, 0) is 58.1 Å².